The Hall–Kier alpha value is -2.71. The molecule has 2 aromatic rings. The van der Waals surface area contributed by atoms with Crippen LogP contribution in [0.25, 0.3) is 0 Å². The van der Waals surface area contributed by atoms with Crippen molar-refractivity contribution in [3.05, 3.63) is 40.2 Å². The Kier molecular flexibility index (Phi) is 4.82. The summed E-state index contributed by atoms with van der Waals surface area (Å²) in [6.45, 7) is 4.01. The van der Waals surface area contributed by atoms with Crippen LogP contribution in [-0.4, -0.2) is 39.9 Å². The molecule has 1 aliphatic rings. The summed E-state index contributed by atoms with van der Waals surface area (Å²) in [7, 11) is 1.34. The number of benzene rings is 1. The summed E-state index contributed by atoms with van der Waals surface area (Å²) in [4.78, 5) is 12.7. The number of nitrogens with zero attached hydrogens (tertiary/aromatic N) is 5. The molecule has 9 heteroatoms. The first-order chi connectivity index (χ1) is 12.0. The van der Waals surface area contributed by atoms with Gasteiger partial charge < -0.3 is 14.2 Å². The maximum absolute atomic E-state index is 13.9. The van der Waals surface area contributed by atoms with Crippen molar-refractivity contribution < 1.29 is 14.1 Å². The average molecular weight is 349 g/mol. The largest absolute Gasteiger partial charge is 0.494 e. The third-order valence-corrected chi connectivity index (χ3v) is 4.56. The van der Waals surface area contributed by atoms with Crippen LogP contribution in [0.15, 0.2) is 18.5 Å². The highest BCUT2D eigenvalue weighted by Gasteiger charge is 2.30. The van der Waals surface area contributed by atoms with E-state index in [2.05, 4.69) is 10.2 Å². The number of ether oxygens (including phenoxy) is 1. The molecule has 0 amide bonds. The van der Waals surface area contributed by atoms with Crippen LogP contribution in [-0.2, 0) is 6.54 Å². The fourth-order valence-corrected chi connectivity index (χ4v) is 3.32. The predicted molar refractivity (Wildman–Crippen MR) is 89.5 cm³/mol. The van der Waals surface area contributed by atoms with E-state index >= 15 is 0 Å². The van der Waals surface area contributed by atoms with E-state index in [4.69, 9.17) is 4.74 Å². The molecular formula is C16H20FN5O3. The maximum atomic E-state index is 13.9. The van der Waals surface area contributed by atoms with Crippen LogP contribution in [0.1, 0.15) is 31.5 Å². The summed E-state index contributed by atoms with van der Waals surface area (Å²) in [6, 6.07) is 2.33. The second kappa shape index (κ2) is 7.04. The summed E-state index contributed by atoms with van der Waals surface area (Å²) in [5.41, 5.74) is 0.117. The van der Waals surface area contributed by atoms with Gasteiger partial charge in [0.2, 0.25) is 0 Å². The summed E-state index contributed by atoms with van der Waals surface area (Å²) >= 11 is 0. The van der Waals surface area contributed by atoms with Gasteiger partial charge in [-0.2, -0.15) is 0 Å². The smallest absolute Gasteiger partial charge is 0.295 e. The molecule has 0 bridgehead atoms. The number of nitro groups is 1. The van der Waals surface area contributed by atoms with Gasteiger partial charge in [0.25, 0.3) is 5.69 Å². The second-order valence-electron chi connectivity index (χ2n) is 5.99. The van der Waals surface area contributed by atoms with Crippen LogP contribution in [0.2, 0.25) is 0 Å². The van der Waals surface area contributed by atoms with Crippen LogP contribution in [0.5, 0.6) is 5.75 Å². The summed E-state index contributed by atoms with van der Waals surface area (Å²) in [5, 5.41) is 19.6. The van der Waals surface area contributed by atoms with Gasteiger partial charge in [-0.1, -0.05) is 0 Å². The number of aromatic nitrogens is 3. The third-order valence-electron chi connectivity index (χ3n) is 4.56. The Bertz CT molecular complexity index is 779. The standard InChI is InChI=1S/C16H20FN5O3/c1-3-20-10-18-19-16(20)11-5-4-6-21(9-11)13-8-15(25-2)12(17)7-14(13)22(23)24/h7-8,10-11H,3-6,9H2,1-2H3. The van der Waals surface area contributed by atoms with Crippen molar-refractivity contribution in [3.8, 4) is 5.75 Å². The molecule has 1 atom stereocenters. The molecule has 1 aromatic carbocycles. The molecule has 1 aliphatic heterocycles. The highest BCUT2D eigenvalue weighted by Crippen LogP contribution is 2.38. The lowest BCUT2D eigenvalue weighted by Gasteiger charge is -2.33. The molecule has 0 radical (unpaired) electrons. The second-order valence-corrected chi connectivity index (χ2v) is 5.99. The first kappa shape index (κ1) is 17.1. The van der Waals surface area contributed by atoms with Gasteiger partial charge >= 0.3 is 0 Å². The number of anilines is 1. The molecule has 1 saturated heterocycles. The normalized spacial score (nSPS) is 17.6. The number of methoxy groups -OCH3 is 1. The van der Waals surface area contributed by atoms with Gasteiger partial charge in [-0.3, -0.25) is 10.1 Å². The van der Waals surface area contributed by atoms with Crippen molar-refractivity contribution in [2.45, 2.75) is 32.2 Å². The molecule has 0 saturated carbocycles. The minimum atomic E-state index is -0.739. The molecule has 1 aromatic heterocycles. The van der Waals surface area contributed by atoms with Crippen molar-refractivity contribution in [2.24, 2.45) is 0 Å². The third kappa shape index (κ3) is 3.26. The van der Waals surface area contributed by atoms with E-state index in [9.17, 15) is 14.5 Å². The molecular weight excluding hydrogens is 329 g/mol. The number of hydrogen-bond acceptors (Lipinski definition) is 6. The zero-order valence-electron chi connectivity index (χ0n) is 14.2. The Morgan fingerprint density at radius 2 is 2.28 bits per heavy atom. The van der Waals surface area contributed by atoms with Gasteiger partial charge in [0.1, 0.15) is 17.8 Å². The summed E-state index contributed by atoms with van der Waals surface area (Å²) < 4.78 is 20.9. The number of halogens is 1. The van der Waals surface area contributed by atoms with Crippen LogP contribution >= 0.6 is 0 Å². The predicted octanol–water partition coefficient (Wildman–Crippen LogP) is 2.74. The first-order valence-corrected chi connectivity index (χ1v) is 8.19. The number of aryl methyl sites for hydroxylation is 1. The number of rotatable bonds is 5. The highest BCUT2D eigenvalue weighted by molar-refractivity contribution is 5.66. The van der Waals surface area contributed by atoms with E-state index in [1.165, 1.54) is 13.2 Å². The quantitative estimate of drug-likeness (QED) is 0.609. The molecule has 2 heterocycles. The Morgan fingerprint density at radius 1 is 1.48 bits per heavy atom. The topological polar surface area (TPSA) is 86.3 Å². The fourth-order valence-electron chi connectivity index (χ4n) is 3.32. The van der Waals surface area contributed by atoms with Crippen molar-refractivity contribution in [3.63, 3.8) is 0 Å². The maximum Gasteiger partial charge on any atom is 0.295 e. The molecule has 1 unspecified atom stereocenters. The van der Waals surface area contributed by atoms with E-state index in [0.717, 1.165) is 31.3 Å². The fraction of sp³-hybridized carbons (Fsp3) is 0.500. The Labute approximate surface area is 144 Å². The van der Waals surface area contributed by atoms with E-state index in [1.807, 2.05) is 16.4 Å². The van der Waals surface area contributed by atoms with Crippen LogP contribution in [0, 0.1) is 15.9 Å². The molecule has 0 N–H and O–H groups in total. The highest BCUT2D eigenvalue weighted by atomic mass is 19.1. The van der Waals surface area contributed by atoms with Crippen molar-refractivity contribution >= 4 is 11.4 Å². The average Bonchev–Trinajstić information content (AvgIpc) is 3.10. The molecule has 25 heavy (non-hydrogen) atoms. The number of hydrogen-bond donors (Lipinski definition) is 0. The van der Waals surface area contributed by atoms with E-state index < -0.39 is 10.7 Å². The molecule has 8 nitrogen and oxygen atoms in total. The lowest BCUT2D eigenvalue weighted by Crippen LogP contribution is -2.35. The zero-order valence-corrected chi connectivity index (χ0v) is 14.2. The molecule has 0 spiro atoms. The minimum absolute atomic E-state index is 0.000511. The van der Waals surface area contributed by atoms with Gasteiger partial charge in [-0.25, -0.2) is 4.39 Å². The molecule has 3 rings (SSSR count). The van der Waals surface area contributed by atoms with Gasteiger partial charge in [0, 0.05) is 31.6 Å². The van der Waals surface area contributed by atoms with Crippen LogP contribution in [0.3, 0.4) is 0 Å². The van der Waals surface area contributed by atoms with Gasteiger partial charge in [0.05, 0.1) is 18.1 Å². The summed E-state index contributed by atoms with van der Waals surface area (Å²) in [5.74, 6) is 0.257. The van der Waals surface area contributed by atoms with Crippen molar-refractivity contribution in [2.75, 3.05) is 25.1 Å². The van der Waals surface area contributed by atoms with Gasteiger partial charge in [0.15, 0.2) is 11.6 Å². The number of piperidine rings is 1. The van der Waals surface area contributed by atoms with Crippen LogP contribution in [0.4, 0.5) is 15.8 Å². The first-order valence-electron chi connectivity index (χ1n) is 8.19. The summed E-state index contributed by atoms with van der Waals surface area (Å²) in [6.07, 6.45) is 3.48. The SMILES string of the molecule is CCn1cnnc1C1CCCN(c2cc(OC)c(F)cc2[N+](=O)[O-])C1. The molecule has 134 valence electrons. The van der Waals surface area contributed by atoms with Crippen LogP contribution < -0.4 is 9.64 Å². The lowest BCUT2D eigenvalue weighted by molar-refractivity contribution is -0.384. The minimum Gasteiger partial charge on any atom is -0.494 e. The van der Waals surface area contributed by atoms with Gasteiger partial charge in [-0.05, 0) is 19.8 Å². The molecule has 0 aliphatic carbocycles. The van der Waals surface area contributed by atoms with E-state index in [1.54, 1.807) is 6.33 Å². The van der Waals surface area contributed by atoms with Gasteiger partial charge in [-0.15, -0.1) is 10.2 Å². The Balaban J connectivity index is 1.94. The zero-order chi connectivity index (χ0) is 18.0. The van der Waals surface area contributed by atoms with E-state index in [-0.39, 0.29) is 17.4 Å². The van der Waals surface area contributed by atoms with Crippen molar-refractivity contribution in [1.82, 2.24) is 14.8 Å². The number of nitro benzene ring substituents is 1. The lowest BCUT2D eigenvalue weighted by atomic mass is 9.96. The van der Waals surface area contributed by atoms with Crippen molar-refractivity contribution in [1.29, 1.82) is 0 Å². The Morgan fingerprint density at radius 3 is 2.96 bits per heavy atom. The monoisotopic (exact) mass is 349 g/mol. The van der Waals surface area contributed by atoms with E-state index in [0.29, 0.717) is 18.8 Å². The molecule has 1 fully saturated rings.